The molecule has 0 unspecified atom stereocenters. The Balaban J connectivity index is 1.40. The van der Waals surface area contributed by atoms with E-state index in [9.17, 15) is 9.59 Å². The molecule has 2 amide bonds. The van der Waals surface area contributed by atoms with E-state index in [1.54, 1.807) is 10.9 Å². The van der Waals surface area contributed by atoms with E-state index in [4.69, 9.17) is 9.26 Å². The fourth-order valence-electron chi connectivity index (χ4n) is 3.91. The van der Waals surface area contributed by atoms with E-state index in [0.29, 0.717) is 36.0 Å². The predicted octanol–water partition coefficient (Wildman–Crippen LogP) is 4.90. The van der Waals surface area contributed by atoms with E-state index in [1.807, 2.05) is 90.1 Å². The summed E-state index contributed by atoms with van der Waals surface area (Å²) in [4.78, 5) is 29.5. The van der Waals surface area contributed by atoms with Crippen LogP contribution in [0.2, 0.25) is 0 Å². The molecule has 10 heteroatoms. The van der Waals surface area contributed by atoms with Crippen molar-refractivity contribution in [3.8, 4) is 22.9 Å². The molecule has 0 aliphatic heterocycles. The lowest BCUT2D eigenvalue weighted by Crippen LogP contribution is -2.33. The Morgan fingerprint density at radius 3 is 2.49 bits per heavy atom. The molecule has 2 aromatic heterocycles. The molecule has 0 atom stereocenters. The van der Waals surface area contributed by atoms with E-state index in [0.717, 1.165) is 16.7 Å². The number of ether oxygens (including phenoxy) is 1. The molecule has 10 nitrogen and oxygen atoms in total. The molecule has 0 aliphatic rings. The molecule has 0 bridgehead atoms. The van der Waals surface area contributed by atoms with Gasteiger partial charge in [0.2, 0.25) is 5.82 Å². The molecule has 0 aliphatic carbocycles. The van der Waals surface area contributed by atoms with Gasteiger partial charge in [0, 0.05) is 18.2 Å². The third-order valence-electron chi connectivity index (χ3n) is 5.75. The zero-order chi connectivity index (χ0) is 28.2. The van der Waals surface area contributed by atoms with Crippen LogP contribution in [0.15, 0.2) is 59.3 Å². The molecule has 0 saturated carbocycles. The Bertz CT molecular complexity index is 1450. The maximum atomic E-state index is 13.3. The van der Waals surface area contributed by atoms with Crippen molar-refractivity contribution >= 4 is 11.8 Å². The monoisotopic (exact) mass is 530 g/mol. The molecule has 2 aromatic carbocycles. The summed E-state index contributed by atoms with van der Waals surface area (Å²) in [5.74, 6) is 0.633. The number of carbonyl (C=O) groups is 2. The van der Waals surface area contributed by atoms with E-state index in [1.165, 1.54) is 0 Å². The van der Waals surface area contributed by atoms with Gasteiger partial charge in [-0.25, -0.2) is 0 Å². The van der Waals surface area contributed by atoms with E-state index in [-0.39, 0.29) is 17.8 Å². The first-order chi connectivity index (χ1) is 18.5. The number of nitrogens with zero attached hydrogens (tertiary/aromatic N) is 4. The Hall–Kier alpha value is -4.47. The second-order valence-electron chi connectivity index (χ2n) is 10.6. The fourth-order valence-corrected chi connectivity index (χ4v) is 3.91. The Morgan fingerprint density at radius 1 is 1.08 bits per heavy atom. The first-order valence-corrected chi connectivity index (χ1v) is 12.9. The van der Waals surface area contributed by atoms with Crippen molar-refractivity contribution in [3.63, 3.8) is 0 Å². The smallest absolute Gasteiger partial charge is 0.316 e. The third-order valence-corrected chi connectivity index (χ3v) is 5.75. The Labute approximate surface area is 227 Å². The summed E-state index contributed by atoms with van der Waals surface area (Å²) in [6.07, 6.45) is 2.19. The van der Waals surface area contributed by atoms with Crippen LogP contribution in [0.4, 0.5) is 0 Å². The number of hydrogen-bond donors (Lipinski definition) is 2. The predicted molar refractivity (Wildman–Crippen MR) is 147 cm³/mol. The number of rotatable bonds is 9. The van der Waals surface area contributed by atoms with Gasteiger partial charge in [0.15, 0.2) is 11.4 Å². The molecular weight excluding hydrogens is 496 g/mol. The van der Waals surface area contributed by atoms with Crippen molar-refractivity contribution in [2.24, 2.45) is 0 Å². The van der Waals surface area contributed by atoms with E-state index < -0.39 is 11.4 Å². The number of hydrogen-bond acceptors (Lipinski definition) is 7. The average Bonchev–Trinajstić information content (AvgIpc) is 3.52. The minimum absolute atomic E-state index is 0.0334. The quantitative estimate of drug-likeness (QED) is 0.315. The summed E-state index contributed by atoms with van der Waals surface area (Å²) < 4.78 is 12.8. The van der Waals surface area contributed by atoms with Gasteiger partial charge in [-0.15, -0.1) is 0 Å². The molecule has 39 heavy (non-hydrogen) atoms. The van der Waals surface area contributed by atoms with Crippen LogP contribution in [0.1, 0.15) is 66.9 Å². The van der Waals surface area contributed by atoms with Crippen LogP contribution in [-0.2, 0) is 12.0 Å². The molecule has 0 fully saturated rings. The van der Waals surface area contributed by atoms with Gasteiger partial charge in [0.25, 0.3) is 5.91 Å². The fraction of sp³-hybridized carbons (Fsp3) is 0.345. The van der Waals surface area contributed by atoms with Crippen molar-refractivity contribution in [1.82, 2.24) is 30.6 Å². The second kappa shape index (κ2) is 11.5. The molecule has 0 radical (unpaired) electrons. The number of aryl methyl sites for hydroxylation is 1. The van der Waals surface area contributed by atoms with Crippen molar-refractivity contribution < 1.29 is 18.8 Å². The zero-order valence-electron chi connectivity index (χ0n) is 23.1. The summed E-state index contributed by atoms with van der Waals surface area (Å²) in [7, 11) is 0. The van der Waals surface area contributed by atoms with Gasteiger partial charge in [-0.05, 0) is 71.2 Å². The van der Waals surface area contributed by atoms with Gasteiger partial charge >= 0.3 is 11.8 Å². The highest BCUT2D eigenvalue weighted by atomic mass is 16.5. The van der Waals surface area contributed by atoms with Gasteiger partial charge in [-0.2, -0.15) is 10.1 Å². The van der Waals surface area contributed by atoms with Crippen LogP contribution >= 0.6 is 0 Å². The molecule has 4 aromatic rings. The van der Waals surface area contributed by atoms with Crippen LogP contribution in [0.25, 0.3) is 11.4 Å². The van der Waals surface area contributed by atoms with Crippen molar-refractivity contribution in [3.05, 3.63) is 77.4 Å². The van der Waals surface area contributed by atoms with Crippen LogP contribution in [0.3, 0.4) is 0 Å². The topological polar surface area (TPSA) is 124 Å². The standard InChI is InChI=1S/C29H34N6O4/c1-18(2)32-27(37)28-33-25(34-39-28)21-12-10-20(11-13-21)14-15-30-26(36)24-23(17-31-35(24)29(4,5)6)38-22-9-7-8-19(3)16-22/h7-13,16-18H,14-15H2,1-6H3,(H,30,36)(H,32,37). The van der Waals surface area contributed by atoms with Crippen LogP contribution in [0, 0.1) is 6.92 Å². The third kappa shape index (κ3) is 6.90. The summed E-state index contributed by atoms with van der Waals surface area (Å²) in [5, 5.41) is 14.1. The second-order valence-corrected chi connectivity index (χ2v) is 10.6. The molecule has 0 spiro atoms. The van der Waals surface area contributed by atoms with Gasteiger partial charge in [-0.1, -0.05) is 41.6 Å². The van der Waals surface area contributed by atoms with Gasteiger partial charge in [-0.3, -0.25) is 14.3 Å². The Kier molecular flexibility index (Phi) is 8.13. The number of amides is 2. The summed E-state index contributed by atoms with van der Waals surface area (Å²) in [5.41, 5.74) is 2.75. The zero-order valence-corrected chi connectivity index (χ0v) is 23.1. The maximum Gasteiger partial charge on any atom is 0.316 e. The van der Waals surface area contributed by atoms with Gasteiger partial charge < -0.3 is 19.9 Å². The SMILES string of the molecule is Cc1cccc(Oc2cnn(C(C)(C)C)c2C(=O)NCCc2ccc(-c3noc(C(=O)NC(C)C)n3)cc2)c1. The Morgan fingerprint density at radius 2 is 1.82 bits per heavy atom. The normalized spacial score (nSPS) is 11.5. The molecular formula is C29H34N6O4. The van der Waals surface area contributed by atoms with Crippen molar-refractivity contribution in [2.75, 3.05) is 6.54 Å². The summed E-state index contributed by atoms with van der Waals surface area (Å²) in [6.45, 7) is 12.1. The summed E-state index contributed by atoms with van der Waals surface area (Å²) >= 11 is 0. The van der Waals surface area contributed by atoms with Crippen molar-refractivity contribution in [2.45, 2.75) is 59.5 Å². The van der Waals surface area contributed by atoms with Crippen molar-refractivity contribution in [1.29, 1.82) is 0 Å². The van der Waals surface area contributed by atoms with Crippen LogP contribution < -0.4 is 15.4 Å². The lowest BCUT2D eigenvalue weighted by atomic mass is 10.1. The molecule has 0 saturated heterocycles. The maximum absolute atomic E-state index is 13.3. The molecule has 2 N–H and O–H groups in total. The lowest BCUT2D eigenvalue weighted by Gasteiger charge is -2.22. The number of nitrogens with one attached hydrogen (secondary N) is 2. The highest BCUT2D eigenvalue weighted by Gasteiger charge is 2.27. The van der Waals surface area contributed by atoms with Gasteiger partial charge in [0.1, 0.15) is 5.75 Å². The van der Waals surface area contributed by atoms with Gasteiger partial charge in [0.05, 0.1) is 11.7 Å². The van der Waals surface area contributed by atoms with E-state index in [2.05, 4.69) is 25.9 Å². The highest BCUT2D eigenvalue weighted by Crippen LogP contribution is 2.29. The minimum Gasteiger partial charge on any atom is -0.453 e. The van der Waals surface area contributed by atoms with Crippen LogP contribution in [-0.4, -0.2) is 44.3 Å². The minimum atomic E-state index is -0.415. The molecule has 204 valence electrons. The largest absolute Gasteiger partial charge is 0.453 e. The first kappa shape index (κ1) is 27.6. The highest BCUT2D eigenvalue weighted by molar-refractivity contribution is 5.95. The number of benzene rings is 2. The lowest BCUT2D eigenvalue weighted by molar-refractivity contribution is 0.0897. The number of carbonyl (C=O) groups excluding carboxylic acids is 2. The molecule has 4 rings (SSSR count). The number of aromatic nitrogens is 4. The average molecular weight is 531 g/mol. The summed E-state index contributed by atoms with van der Waals surface area (Å²) in [6, 6.07) is 15.2. The first-order valence-electron chi connectivity index (χ1n) is 12.9. The van der Waals surface area contributed by atoms with E-state index >= 15 is 0 Å². The molecule has 2 heterocycles. The van der Waals surface area contributed by atoms with Crippen LogP contribution in [0.5, 0.6) is 11.5 Å².